The summed E-state index contributed by atoms with van der Waals surface area (Å²) in [5.74, 6) is 0.386. The molecule has 0 aromatic heterocycles. The van der Waals surface area contributed by atoms with Crippen LogP contribution in [0, 0.1) is 5.82 Å². The maximum atomic E-state index is 13.5. The van der Waals surface area contributed by atoms with E-state index < -0.39 is 0 Å². The van der Waals surface area contributed by atoms with Crippen molar-refractivity contribution >= 4 is 27.5 Å². The standard InChI is InChI=1S/C16H16BrClFNO/c1-20-14(9-11-4-3-5-13(19)16(11)18)10-6-7-15(21-2)12(17)8-10/h3-8,14,20H,9H2,1-2H3. The molecule has 0 bridgehead atoms. The molecule has 1 unspecified atom stereocenters. The molecular formula is C16H16BrClFNO. The Morgan fingerprint density at radius 2 is 2.10 bits per heavy atom. The molecule has 2 nitrogen and oxygen atoms in total. The van der Waals surface area contributed by atoms with Crippen LogP contribution in [0.25, 0.3) is 0 Å². The first-order valence-corrected chi connectivity index (χ1v) is 7.67. The lowest BCUT2D eigenvalue weighted by atomic mass is 9.99. The maximum Gasteiger partial charge on any atom is 0.142 e. The van der Waals surface area contributed by atoms with Gasteiger partial charge < -0.3 is 10.1 Å². The number of rotatable bonds is 5. The molecule has 5 heteroatoms. The fourth-order valence-electron chi connectivity index (χ4n) is 2.21. The summed E-state index contributed by atoms with van der Waals surface area (Å²) in [5.41, 5.74) is 1.86. The van der Waals surface area contributed by atoms with Crippen molar-refractivity contribution in [3.05, 3.63) is 62.8 Å². The molecule has 0 aliphatic rings. The van der Waals surface area contributed by atoms with E-state index in [1.807, 2.05) is 31.3 Å². The van der Waals surface area contributed by atoms with Gasteiger partial charge in [-0.05, 0) is 58.7 Å². The van der Waals surface area contributed by atoms with Crippen molar-refractivity contribution in [1.82, 2.24) is 5.32 Å². The minimum absolute atomic E-state index is 0.0338. The lowest BCUT2D eigenvalue weighted by Gasteiger charge is -2.18. The molecule has 112 valence electrons. The molecule has 2 rings (SSSR count). The van der Waals surface area contributed by atoms with Gasteiger partial charge in [0.05, 0.1) is 16.6 Å². The van der Waals surface area contributed by atoms with Crippen LogP contribution in [0.3, 0.4) is 0 Å². The van der Waals surface area contributed by atoms with Crippen molar-refractivity contribution in [1.29, 1.82) is 0 Å². The molecule has 0 aliphatic heterocycles. The Morgan fingerprint density at radius 3 is 2.71 bits per heavy atom. The number of ether oxygens (including phenoxy) is 1. The summed E-state index contributed by atoms with van der Waals surface area (Å²) in [6.45, 7) is 0. The molecule has 1 atom stereocenters. The second-order valence-electron chi connectivity index (χ2n) is 4.65. The van der Waals surface area contributed by atoms with Gasteiger partial charge in [0.15, 0.2) is 0 Å². The molecule has 0 fully saturated rings. The first-order chi connectivity index (χ1) is 10.1. The number of benzene rings is 2. The van der Waals surface area contributed by atoms with Gasteiger partial charge in [-0.3, -0.25) is 0 Å². The average Bonchev–Trinajstić information content (AvgIpc) is 2.48. The number of nitrogens with one attached hydrogen (secondary N) is 1. The summed E-state index contributed by atoms with van der Waals surface area (Å²) >= 11 is 9.51. The molecule has 0 saturated heterocycles. The van der Waals surface area contributed by atoms with Gasteiger partial charge in [-0.25, -0.2) is 4.39 Å². The second kappa shape index (κ2) is 7.25. The van der Waals surface area contributed by atoms with Gasteiger partial charge >= 0.3 is 0 Å². The van der Waals surface area contributed by atoms with Crippen molar-refractivity contribution in [2.45, 2.75) is 12.5 Å². The highest BCUT2D eigenvalue weighted by atomic mass is 79.9. The van der Waals surface area contributed by atoms with Gasteiger partial charge in [0.25, 0.3) is 0 Å². The molecule has 2 aromatic carbocycles. The van der Waals surface area contributed by atoms with Crippen LogP contribution in [0.1, 0.15) is 17.2 Å². The van der Waals surface area contributed by atoms with Gasteiger partial charge in [-0.15, -0.1) is 0 Å². The van der Waals surface area contributed by atoms with Crippen LogP contribution in [0.2, 0.25) is 5.02 Å². The largest absolute Gasteiger partial charge is 0.496 e. The normalized spacial score (nSPS) is 12.2. The lowest BCUT2D eigenvalue weighted by Crippen LogP contribution is -2.19. The highest BCUT2D eigenvalue weighted by Crippen LogP contribution is 2.30. The minimum atomic E-state index is -0.389. The number of hydrogen-bond acceptors (Lipinski definition) is 2. The zero-order valence-electron chi connectivity index (χ0n) is 11.8. The third-order valence-corrected chi connectivity index (χ3v) is 4.43. The van der Waals surface area contributed by atoms with Gasteiger partial charge in [-0.1, -0.05) is 29.8 Å². The molecule has 0 radical (unpaired) electrons. The predicted octanol–water partition coefficient (Wildman–Crippen LogP) is 4.75. The summed E-state index contributed by atoms with van der Waals surface area (Å²) in [6, 6.07) is 10.8. The monoisotopic (exact) mass is 371 g/mol. The summed E-state index contributed by atoms with van der Waals surface area (Å²) in [6.07, 6.45) is 0.603. The van der Waals surface area contributed by atoms with Crippen molar-refractivity contribution < 1.29 is 9.13 Å². The van der Waals surface area contributed by atoms with E-state index in [0.29, 0.717) is 6.42 Å². The van der Waals surface area contributed by atoms with Crippen LogP contribution >= 0.6 is 27.5 Å². The van der Waals surface area contributed by atoms with E-state index in [9.17, 15) is 4.39 Å². The SMILES string of the molecule is CNC(Cc1cccc(F)c1Cl)c1ccc(OC)c(Br)c1. The van der Waals surface area contributed by atoms with Gasteiger partial charge in [-0.2, -0.15) is 0 Å². The van der Waals surface area contributed by atoms with E-state index in [2.05, 4.69) is 21.2 Å². The fraction of sp³-hybridized carbons (Fsp3) is 0.250. The second-order valence-corrected chi connectivity index (χ2v) is 5.88. The average molecular weight is 373 g/mol. The van der Waals surface area contributed by atoms with E-state index in [-0.39, 0.29) is 16.9 Å². The van der Waals surface area contributed by atoms with Crippen LogP contribution in [0.5, 0.6) is 5.75 Å². The van der Waals surface area contributed by atoms with Crippen LogP contribution in [-0.4, -0.2) is 14.2 Å². The molecule has 2 aromatic rings. The smallest absolute Gasteiger partial charge is 0.142 e. The lowest BCUT2D eigenvalue weighted by molar-refractivity contribution is 0.411. The van der Waals surface area contributed by atoms with Gasteiger partial charge in [0.2, 0.25) is 0 Å². The number of methoxy groups -OCH3 is 1. The van der Waals surface area contributed by atoms with E-state index in [1.54, 1.807) is 13.2 Å². The summed E-state index contributed by atoms with van der Waals surface area (Å²) in [7, 11) is 3.50. The van der Waals surface area contributed by atoms with Crippen LogP contribution < -0.4 is 10.1 Å². The zero-order valence-corrected chi connectivity index (χ0v) is 14.1. The molecule has 0 spiro atoms. The Morgan fingerprint density at radius 1 is 1.33 bits per heavy atom. The summed E-state index contributed by atoms with van der Waals surface area (Å²) in [4.78, 5) is 0. The Balaban J connectivity index is 2.28. The Bertz CT molecular complexity index is 636. The molecular weight excluding hydrogens is 357 g/mol. The molecule has 0 saturated carbocycles. The van der Waals surface area contributed by atoms with E-state index in [1.165, 1.54) is 6.07 Å². The fourth-order valence-corrected chi connectivity index (χ4v) is 2.97. The summed E-state index contributed by atoms with van der Waals surface area (Å²) in [5, 5.41) is 3.42. The number of halogens is 3. The quantitative estimate of drug-likeness (QED) is 0.817. The Kier molecular flexibility index (Phi) is 5.62. The van der Waals surface area contributed by atoms with E-state index in [4.69, 9.17) is 16.3 Å². The Labute approximate surface area is 137 Å². The highest BCUT2D eigenvalue weighted by Gasteiger charge is 2.15. The molecule has 0 heterocycles. The van der Waals surface area contributed by atoms with Crippen molar-refractivity contribution in [3.63, 3.8) is 0 Å². The third-order valence-electron chi connectivity index (χ3n) is 3.38. The topological polar surface area (TPSA) is 21.3 Å². The molecule has 0 amide bonds. The van der Waals surface area contributed by atoms with Crippen molar-refractivity contribution in [3.8, 4) is 5.75 Å². The minimum Gasteiger partial charge on any atom is -0.496 e. The van der Waals surface area contributed by atoms with Gasteiger partial charge in [0, 0.05) is 6.04 Å². The first kappa shape index (κ1) is 16.3. The molecule has 1 N–H and O–H groups in total. The molecule has 21 heavy (non-hydrogen) atoms. The van der Waals surface area contributed by atoms with Crippen LogP contribution in [-0.2, 0) is 6.42 Å². The van der Waals surface area contributed by atoms with Gasteiger partial charge in [0.1, 0.15) is 11.6 Å². The van der Waals surface area contributed by atoms with Crippen molar-refractivity contribution in [2.24, 2.45) is 0 Å². The van der Waals surface area contributed by atoms with Crippen LogP contribution in [0.15, 0.2) is 40.9 Å². The third kappa shape index (κ3) is 3.76. The zero-order chi connectivity index (χ0) is 15.4. The predicted molar refractivity (Wildman–Crippen MR) is 87.6 cm³/mol. The Hall–Kier alpha value is -1.10. The van der Waals surface area contributed by atoms with Crippen LogP contribution in [0.4, 0.5) is 4.39 Å². The number of likely N-dealkylation sites (N-methyl/N-ethyl adjacent to an activating group) is 1. The maximum absolute atomic E-state index is 13.5. The summed E-state index contributed by atoms with van der Waals surface area (Å²) < 4.78 is 19.6. The number of hydrogen-bond donors (Lipinski definition) is 1. The first-order valence-electron chi connectivity index (χ1n) is 6.50. The van der Waals surface area contributed by atoms with E-state index in [0.717, 1.165) is 21.3 Å². The van der Waals surface area contributed by atoms with Crippen molar-refractivity contribution in [2.75, 3.05) is 14.2 Å². The van der Waals surface area contributed by atoms with E-state index >= 15 is 0 Å². The highest BCUT2D eigenvalue weighted by molar-refractivity contribution is 9.10. The molecule has 0 aliphatic carbocycles.